The molecular formula is C10H18N4O2. The monoisotopic (exact) mass is 226 g/mol. The highest BCUT2D eigenvalue weighted by atomic mass is 16.5. The van der Waals surface area contributed by atoms with E-state index in [2.05, 4.69) is 10.1 Å². The molecule has 6 nitrogen and oxygen atoms in total. The fraction of sp³-hybridized carbons (Fsp3) is 0.700. The standard InChI is InChI=1S/C10H18N4O2/c1-4-14-9(11-8-12-14)6-13(3)7-10(15)16-5-2/h8H,4-7H2,1-3H3. The maximum atomic E-state index is 11.2. The Kier molecular flexibility index (Phi) is 4.91. The predicted molar refractivity (Wildman–Crippen MR) is 58.7 cm³/mol. The molecule has 0 fully saturated rings. The Morgan fingerprint density at radius 3 is 2.94 bits per heavy atom. The van der Waals surface area contributed by atoms with Crippen molar-refractivity contribution in [3.8, 4) is 0 Å². The van der Waals surface area contributed by atoms with Gasteiger partial charge in [-0.25, -0.2) is 9.67 Å². The minimum atomic E-state index is -0.215. The SMILES string of the molecule is CCOC(=O)CN(C)Cc1ncnn1CC. The molecule has 0 unspecified atom stereocenters. The molecule has 0 bridgehead atoms. The first kappa shape index (κ1) is 12.6. The molecule has 0 aromatic carbocycles. The van der Waals surface area contributed by atoms with Crippen LogP contribution in [0.5, 0.6) is 0 Å². The first-order valence-electron chi connectivity index (χ1n) is 5.38. The van der Waals surface area contributed by atoms with Gasteiger partial charge in [-0.1, -0.05) is 0 Å². The summed E-state index contributed by atoms with van der Waals surface area (Å²) >= 11 is 0. The van der Waals surface area contributed by atoms with Gasteiger partial charge in [0.25, 0.3) is 0 Å². The lowest BCUT2D eigenvalue weighted by molar-refractivity contribution is -0.144. The highest BCUT2D eigenvalue weighted by molar-refractivity contribution is 5.71. The van der Waals surface area contributed by atoms with Gasteiger partial charge < -0.3 is 4.74 Å². The van der Waals surface area contributed by atoms with Crippen LogP contribution in [0.15, 0.2) is 6.33 Å². The average Bonchev–Trinajstić information content (AvgIpc) is 2.65. The maximum Gasteiger partial charge on any atom is 0.320 e. The summed E-state index contributed by atoms with van der Waals surface area (Å²) in [6.45, 7) is 5.85. The van der Waals surface area contributed by atoms with E-state index in [1.54, 1.807) is 6.92 Å². The van der Waals surface area contributed by atoms with E-state index < -0.39 is 0 Å². The van der Waals surface area contributed by atoms with Crippen molar-refractivity contribution >= 4 is 5.97 Å². The number of nitrogens with zero attached hydrogens (tertiary/aromatic N) is 4. The van der Waals surface area contributed by atoms with Crippen LogP contribution in [0.4, 0.5) is 0 Å². The van der Waals surface area contributed by atoms with Crippen molar-refractivity contribution in [3.05, 3.63) is 12.2 Å². The minimum Gasteiger partial charge on any atom is -0.465 e. The van der Waals surface area contributed by atoms with Crippen molar-refractivity contribution in [3.63, 3.8) is 0 Å². The van der Waals surface area contributed by atoms with Gasteiger partial charge in [0.05, 0.1) is 19.7 Å². The molecule has 1 rings (SSSR count). The number of ether oxygens (including phenoxy) is 1. The summed E-state index contributed by atoms with van der Waals surface area (Å²) in [7, 11) is 1.85. The number of likely N-dealkylation sites (N-methyl/N-ethyl adjacent to an activating group) is 1. The van der Waals surface area contributed by atoms with E-state index in [0.29, 0.717) is 13.2 Å². The van der Waals surface area contributed by atoms with E-state index >= 15 is 0 Å². The van der Waals surface area contributed by atoms with E-state index in [1.807, 2.05) is 23.6 Å². The van der Waals surface area contributed by atoms with E-state index in [-0.39, 0.29) is 12.5 Å². The zero-order valence-corrected chi connectivity index (χ0v) is 10.0. The van der Waals surface area contributed by atoms with Gasteiger partial charge in [0.1, 0.15) is 12.2 Å². The molecule has 0 saturated heterocycles. The van der Waals surface area contributed by atoms with Crippen molar-refractivity contribution in [2.45, 2.75) is 26.9 Å². The van der Waals surface area contributed by atoms with Crippen LogP contribution in [0.3, 0.4) is 0 Å². The molecule has 0 radical (unpaired) electrons. The molecule has 0 N–H and O–H groups in total. The van der Waals surface area contributed by atoms with Crippen LogP contribution in [0.2, 0.25) is 0 Å². The summed E-state index contributed by atoms with van der Waals surface area (Å²) in [6.07, 6.45) is 1.52. The quantitative estimate of drug-likeness (QED) is 0.653. The summed E-state index contributed by atoms with van der Waals surface area (Å²) in [5.74, 6) is 0.641. The van der Waals surface area contributed by atoms with Crippen molar-refractivity contribution < 1.29 is 9.53 Å². The lowest BCUT2D eigenvalue weighted by Crippen LogP contribution is -2.28. The average molecular weight is 226 g/mol. The van der Waals surface area contributed by atoms with Gasteiger partial charge in [-0.3, -0.25) is 9.69 Å². The van der Waals surface area contributed by atoms with Crippen LogP contribution in [0.1, 0.15) is 19.7 Å². The second-order valence-corrected chi connectivity index (χ2v) is 3.47. The van der Waals surface area contributed by atoms with Crippen LogP contribution in [0.25, 0.3) is 0 Å². The Labute approximate surface area is 95.2 Å². The summed E-state index contributed by atoms with van der Waals surface area (Å²) in [6, 6.07) is 0. The summed E-state index contributed by atoms with van der Waals surface area (Å²) in [5, 5.41) is 4.07. The highest BCUT2D eigenvalue weighted by Crippen LogP contribution is 1.99. The van der Waals surface area contributed by atoms with E-state index in [1.165, 1.54) is 6.33 Å². The zero-order valence-electron chi connectivity index (χ0n) is 10.0. The molecule has 0 atom stereocenters. The number of hydrogen-bond donors (Lipinski definition) is 0. The summed E-state index contributed by atoms with van der Waals surface area (Å²) in [5.41, 5.74) is 0. The first-order valence-corrected chi connectivity index (χ1v) is 5.38. The largest absolute Gasteiger partial charge is 0.465 e. The molecule has 0 amide bonds. The first-order chi connectivity index (χ1) is 7.67. The molecule has 6 heteroatoms. The number of carbonyl (C=O) groups is 1. The summed E-state index contributed by atoms with van der Waals surface area (Å²) in [4.78, 5) is 17.2. The van der Waals surface area contributed by atoms with Gasteiger partial charge in [0.15, 0.2) is 0 Å². The predicted octanol–water partition coefficient (Wildman–Crippen LogP) is 0.293. The lowest BCUT2D eigenvalue weighted by atomic mass is 10.5. The molecule has 16 heavy (non-hydrogen) atoms. The second-order valence-electron chi connectivity index (χ2n) is 3.47. The molecule has 0 aliphatic rings. The fourth-order valence-electron chi connectivity index (χ4n) is 1.40. The lowest BCUT2D eigenvalue weighted by Gasteiger charge is -2.14. The van der Waals surface area contributed by atoms with Gasteiger partial charge in [-0.15, -0.1) is 0 Å². The smallest absolute Gasteiger partial charge is 0.320 e. The number of carbonyl (C=O) groups excluding carboxylic acids is 1. The molecule has 1 aromatic rings. The van der Waals surface area contributed by atoms with E-state index in [9.17, 15) is 4.79 Å². The molecule has 1 aromatic heterocycles. The highest BCUT2D eigenvalue weighted by Gasteiger charge is 2.10. The molecule has 0 saturated carbocycles. The molecular weight excluding hydrogens is 208 g/mol. The number of hydrogen-bond acceptors (Lipinski definition) is 5. The Hall–Kier alpha value is -1.43. The fourth-order valence-corrected chi connectivity index (χ4v) is 1.40. The zero-order chi connectivity index (χ0) is 12.0. The van der Waals surface area contributed by atoms with E-state index in [4.69, 9.17) is 4.74 Å². The van der Waals surface area contributed by atoms with Crippen LogP contribution in [0, 0.1) is 0 Å². The maximum absolute atomic E-state index is 11.2. The molecule has 0 aliphatic carbocycles. The third-order valence-corrected chi connectivity index (χ3v) is 2.11. The third-order valence-electron chi connectivity index (χ3n) is 2.11. The van der Waals surface area contributed by atoms with Crippen LogP contribution in [-0.4, -0.2) is 45.8 Å². The van der Waals surface area contributed by atoms with Crippen LogP contribution >= 0.6 is 0 Å². The van der Waals surface area contributed by atoms with Crippen molar-refractivity contribution in [1.29, 1.82) is 0 Å². The Bertz CT molecular complexity index is 337. The Morgan fingerprint density at radius 1 is 1.56 bits per heavy atom. The molecule has 0 spiro atoms. The molecule has 90 valence electrons. The normalized spacial score (nSPS) is 10.8. The Balaban J connectivity index is 2.45. The topological polar surface area (TPSA) is 60.2 Å². The van der Waals surface area contributed by atoms with Gasteiger partial charge in [-0.2, -0.15) is 5.10 Å². The van der Waals surface area contributed by atoms with Crippen molar-refractivity contribution in [2.75, 3.05) is 20.2 Å². The molecule has 1 heterocycles. The second kappa shape index (κ2) is 6.22. The van der Waals surface area contributed by atoms with Crippen molar-refractivity contribution in [1.82, 2.24) is 19.7 Å². The number of esters is 1. The van der Waals surface area contributed by atoms with Gasteiger partial charge in [0.2, 0.25) is 0 Å². The van der Waals surface area contributed by atoms with Crippen LogP contribution < -0.4 is 0 Å². The van der Waals surface area contributed by atoms with Gasteiger partial charge >= 0.3 is 5.97 Å². The van der Waals surface area contributed by atoms with E-state index in [0.717, 1.165) is 12.4 Å². The van der Waals surface area contributed by atoms with Gasteiger partial charge in [-0.05, 0) is 20.9 Å². The number of aryl methyl sites for hydroxylation is 1. The summed E-state index contributed by atoms with van der Waals surface area (Å²) < 4.78 is 6.67. The van der Waals surface area contributed by atoms with Crippen LogP contribution in [-0.2, 0) is 22.6 Å². The number of rotatable bonds is 6. The van der Waals surface area contributed by atoms with Crippen molar-refractivity contribution in [2.24, 2.45) is 0 Å². The van der Waals surface area contributed by atoms with Gasteiger partial charge in [0, 0.05) is 6.54 Å². The number of aromatic nitrogens is 3. The Morgan fingerprint density at radius 2 is 2.31 bits per heavy atom. The third kappa shape index (κ3) is 3.62. The minimum absolute atomic E-state index is 0.215. The molecule has 0 aliphatic heterocycles.